The summed E-state index contributed by atoms with van der Waals surface area (Å²) in [5, 5.41) is 0.341. The summed E-state index contributed by atoms with van der Waals surface area (Å²) in [4.78, 5) is 35.5. The van der Waals surface area contributed by atoms with E-state index >= 15 is 4.39 Å². The van der Waals surface area contributed by atoms with Crippen LogP contribution in [0.3, 0.4) is 0 Å². The number of nitrogens with one attached hydrogen (secondary N) is 2. The van der Waals surface area contributed by atoms with Crippen LogP contribution in [0.25, 0.3) is 22.2 Å². The highest BCUT2D eigenvalue weighted by Gasteiger charge is 2.25. The van der Waals surface area contributed by atoms with Crippen LogP contribution in [-0.4, -0.2) is 36.6 Å². The lowest BCUT2D eigenvalue weighted by Crippen LogP contribution is -2.13. The van der Waals surface area contributed by atoms with Crippen LogP contribution in [0.2, 0.25) is 0 Å². The van der Waals surface area contributed by atoms with Gasteiger partial charge in [-0.2, -0.15) is 0 Å². The van der Waals surface area contributed by atoms with Gasteiger partial charge >= 0.3 is 0 Å². The van der Waals surface area contributed by atoms with Crippen molar-refractivity contribution in [2.45, 2.75) is 13.3 Å². The SMILES string of the molecule is CCCS(=O)Nc1ccc(F)c(C(=O)c2c[nH]c3ncc(-c4ccc(C(N)=O)nc4)cc23)c1F. The Morgan fingerprint density at radius 3 is 2.56 bits per heavy atom. The van der Waals surface area contributed by atoms with Gasteiger partial charge in [0, 0.05) is 46.4 Å². The van der Waals surface area contributed by atoms with E-state index in [-0.39, 0.29) is 22.7 Å². The third-order valence-corrected chi connectivity index (χ3v) is 6.28. The maximum atomic E-state index is 15.1. The monoisotopic (exact) mass is 483 g/mol. The Hall–Kier alpha value is -3.99. The van der Waals surface area contributed by atoms with E-state index in [9.17, 15) is 18.2 Å². The molecule has 1 atom stereocenters. The fourth-order valence-corrected chi connectivity index (χ4v) is 4.27. The zero-order chi connectivity index (χ0) is 24.4. The van der Waals surface area contributed by atoms with E-state index in [4.69, 9.17) is 5.73 Å². The van der Waals surface area contributed by atoms with Crippen molar-refractivity contribution in [1.29, 1.82) is 0 Å². The quantitative estimate of drug-likeness (QED) is 0.329. The van der Waals surface area contributed by atoms with Crippen LogP contribution >= 0.6 is 0 Å². The molecule has 0 fully saturated rings. The first-order chi connectivity index (χ1) is 16.3. The number of hydrogen-bond acceptors (Lipinski definition) is 5. The third kappa shape index (κ3) is 4.42. The number of halogens is 2. The molecule has 4 N–H and O–H groups in total. The highest BCUT2D eigenvalue weighted by Crippen LogP contribution is 2.29. The van der Waals surface area contributed by atoms with Crippen molar-refractivity contribution in [3.8, 4) is 11.1 Å². The number of benzene rings is 1. The predicted octanol–water partition coefficient (Wildman–Crippen LogP) is 3.72. The Morgan fingerprint density at radius 1 is 1.12 bits per heavy atom. The smallest absolute Gasteiger partial charge is 0.267 e. The zero-order valence-corrected chi connectivity index (χ0v) is 18.7. The van der Waals surface area contributed by atoms with Gasteiger partial charge in [0.15, 0.2) is 5.82 Å². The minimum atomic E-state index is -1.57. The number of nitrogens with two attached hydrogens (primary N) is 1. The summed E-state index contributed by atoms with van der Waals surface area (Å²) in [6, 6.07) is 6.76. The van der Waals surface area contributed by atoms with E-state index in [0.29, 0.717) is 28.6 Å². The van der Waals surface area contributed by atoms with E-state index in [1.807, 2.05) is 6.92 Å². The number of nitrogens with zero attached hydrogens (tertiary/aromatic N) is 2. The second-order valence-electron chi connectivity index (χ2n) is 7.38. The first kappa shape index (κ1) is 23.2. The van der Waals surface area contributed by atoms with Crippen LogP contribution < -0.4 is 10.5 Å². The highest BCUT2D eigenvalue weighted by atomic mass is 32.2. The van der Waals surface area contributed by atoms with Gasteiger partial charge < -0.3 is 15.4 Å². The number of rotatable bonds is 8. The molecule has 8 nitrogen and oxygen atoms in total. The fraction of sp³-hybridized carbons (Fsp3) is 0.130. The van der Waals surface area contributed by atoms with Crippen LogP contribution in [0.15, 0.2) is 48.9 Å². The highest BCUT2D eigenvalue weighted by molar-refractivity contribution is 7.86. The van der Waals surface area contributed by atoms with Crippen LogP contribution in [0.5, 0.6) is 0 Å². The van der Waals surface area contributed by atoms with Gasteiger partial charge in [0.25, 0.3) is 5.91 Å². The van der Waals surface area contributed by atoms with Crippen molar-refractivity contribution in [3.05, 3.63) is 77.4 Å². The van der Waals surface area contributed by atoms with Crippen LogP contribution in [0, 0.1) is 11.6 Å². The summed E-state index contributed by atoms with van der Waals surface area (Å²) in [5.74, 6) is -3.46. The Kier molecular flexibility index (Phi) is 6.46. The molecular formula is C23H19F2N5O3S. The summed E-state index contributed by atoms with van der Waals surface area (Å²) in [6.07, 6.45) is 4.89. The van der Waals surface area contributed by atoms with Crippen molar-refractivity contribution in [1.82, 2.24) is 15.0 Å². The van der Waals surface area contributed by atoms with Gasteiger partial charge in [-0.1, -0.05) is 13.0 Å². The Bertz CT molecular complexity index is 1440. The lowest BCUT2D eigenvalue weighted by atomic mass is 10.00. The van der Waals surface area contributed by atoms with Gasteiger partial charge in [-0.25, -0.2) is 18.0 Å². The number of ketones is 1. The minimum absolute atomic E-state index is 0.00990. The molecule has 3 heterocycles. The number of amides is 1. The number of hydrogen-bond donors (Lipinski definition) is 3. The molecule has 34 heavy (non-hydrogen) atoms. The number of pyridine rings is 2. The van der Waals surface area contributed by atoms with Crippen LogP contribution in [0.1, 0.15) is 39.8 Å². The molecular weight excluding hydrogens is 464 g/mol. The molecule has 0 aliphatic heterocycles. The number of carbonyl (C=O) groups is 2. The first-order valence-corrected chi connectivity index (χ1v) is 11.5. The third-order valence-electron chi connectivity index (χ3n) is 5.06. The van der Waals surface area contributed by atoms with Crippen molar-refractivity contribution < 1.29 is 22.6 Å². The Morgan fingerprint density at radius 2 is 1.88 bits per heavy atom. The molecule has 0 radical (unpaired) electrons. The molecule has 0 spiro atoms. The Labute approximate surface area is 195 Å². The number of fused-ring (bicyclic) bond motifs is 1. The molecule has 4 aromatic rings. The van der Waals surface area contributed by atoms with Gasteiger partial charge in [0.2, 0.25) is 5.78 Å². The average Bonchev–Trinajstić information content (AvgIpc) is 3.24. The molecule has 0 saturated heterocycles. The van der Waals surface area contributed by atoms with E-state index in [2.05, 4.69) is 19.7 Å². The van der Waals surface area contributed by atoms with Crippen molar-refractivity contribution in [3.63, 3.8) is 0 Å². The lowest BCUT2D eigenvalue weighted by Gasteiger charge is -2.10. The van der Waals surface area contributed by atoms with E-state index in [0.717, 1.165) is 12.1 Å². The minimum Gasteiger partial charge on any atom is -0.364 e. The summed E-state index contributed by atoms with van der Waals surface area (Å²) in [5.41, 5.74) is 5.82. The number of anilines is 1. The normalized spacial score (nSPS) is 12.0. The number of aromatic amines is 1. The number of aromatic nitrogens is 3. The molecule has 0 aliphatic carbocycles. The molecule has 174 valence electrons. The molecule has 4 rings (SSSR count). The molecule has 0 aliphatic rings. The number of primary amides is 1. The molecule has 0 saturated carbocycles. The zero-order valence-electron chi connectivity index (χ0n) is 17.9. The Balaban J connectivity index is 1.74. The fourth-order valence-electron chi connectivity index (χ4n) is 3.39. The van der Waals surface area contributed by atoms with Gasteiger partial charge in [0.05, 0.1) is 11.3 Å². The number of H-pyrrole nitrogens is 1. The van der Waals surface area contributed by atoms with E-state index < -0.39 is 39.9 Å². The van der Waals surface area contributed by atoms with Crippen molar-refractivity contribution >= 4 is 39.4 Å². The van der Waals surface area contributed by atoms with Gasteiger partial charge in [-0.15, -0.1) is 0 Å². The average molecular weight is 484 g/mol. The van der Waals surface area contributed by atoms with Gasteiger partial charge in [-0.3, -0.25) is 14.6 Å². The lowest BCUT2D eigenvalue weighted by molar-refractivity contribution is 0.0993. The largest absolute Gasteiger partial charge is 0.364 e. The molecule has 1 amide bonds. The predicted molar refractivity (Wildman–Crippen MR) is 125 cm³/mol. The number of carbonyl (C=O) groups excluding carboxylic acids is 2. The molecule has 0 bridgehead atoms. The summed E-state index contributed by atoms with van der Waals surface area (Å²) < 4.78 is 44.1. The second kappa shape index (κ2) is 9.48. The standard InChI is InChI=1S/C23H19F2N5O3S/c1-2-7-34(33)30-17-6-4-16(24)19(20(17)25)21(31)15-11-29-23-14(15)8-13(10-28-23)12-3-5-18(22(26)32)27-9-12/h3-6,8-11,30H,2,7H2,1H3,(H2,26,32)(H,28,29). The molecule has 1 unspecified atom stereocenters. The summed E-state index contributed by atoms with van der Waals surface area (Å²) >= 11 is 0. The van der Waals surface area contributed by atoms with Crippen molar-refractivity contribution in [2.75, 3.05) is 10.5 Å². The topological polar surface area (TPSA) is 131 Å². The first-order valence-electron chi connectivity index (χ1n) is 10.2. The van der Waals surface area contributed by atoms with Gasteiger partial charge in [0.1, 0.15) is 28.1 Å². The molecule has 11 heteroatoms. The molecule has 1 aromatic carbocycles. The van der Waals surface area contributed by atoms with Crippen LogP contribution in [0.4, 0.5) is 14.5 Å². The van der Waals surface area contributed by atoms with Crippen molar-refractivity contribution in [2.24, 2.45) is 5.73 Å². The second-order valence-corrected chi connectivity index (χ2v) is 8.69. The van der Waals surface area contributed by atoms with Crippen LogP contribution in [-0.2, 0) is 11.0 Å². The van der Waals surface area contributed by atoms with Gasteiger partial charge in [-0.05, 0) is 30.7 Å². The maximum Gasteiger partial charge on any atom is 0.267 e. The van der Waals surface area contributed by atoms with E-state index in [1.165, 1.54) is 24.7 Å². The van der Waals surface area contributed by atoms with E-state index in [1.54, 1.807) is 12.1 Å². The summed E-state index contributed by atoms with van der Waals surface area (Å²) in [7, 11) is -1.57. The maximum absolute atomic E-state index is 15.1. The summed E-state index contributed by atoms with van der Waals surface area (Å²) in [6.45, 7) is 1.82. The molecule has 3 aromatic heterocycles.